The Morgan fingerprint density at radius 2 is 1.77 bits per heavy atom. The van der Waals surface area contributed by atoms with Gasteiger partial charge in [0.15, 0.2) is 29.1 Å². The first kappa shape index (κ1) is 29.7. The molecule has 4 fully saturated rings. The zero-order valence-corrected chi connectivity index (χ0v) is 25.0. The summed E-state index contributed by atoms with van der Waals surface area (Å²) in [6.07, 6.45) is 3.40. The zero-order chi connectivity index (χ0) is 31.1. The van der Waals surface area contributed by atoms with Gasteiger partial charge in [0.1, 0.15) is 6.61 Å². The minimum Gasteiger partial charge on any atom is -0.392 e. The molecule has 0 bridgehead atoms. The van der Waals surface area contributed by atoms with Crippen molar-refractivity contribution in [3.05, 3.63) is 94.6 Å². The summed E-state index contributed by atoms with van der Waals surface area (Å²) in [5, 5.41) is 31.6. The average molecular weight is 603 g/mol. The van der Waals surface area contributed by atoms with E-state index < -0.39 is 58.9 Å². The second-order valence-corrected chi connectivity index (χ2v) is 13.7. The molecule has 2 aromatic carbocycles. The first-order valence-corrected chi connectivity index (χ1v) is 15.6. The molecule has 0 amide bonds. The number of ether oxygens (including phenoxy) is 2. The van der Waals surface area contributed by atoms with Crippen LogP contribution < -0.4 is 0 Å². The first-order chi connectivity index (χ1) is 21.0. The molecule has 0 unspecified atom stereocenters. The third kappa shape index (κ3) is 3.84. The van der Waals surface area contributed by atoms with Crippen LogP contribution in [0.2, 0.25) is 0 Å². The molecule has 8 heteroatoms. The van der Waals surface area contributed by atoms with Crippen molar-refractivity contribution in [3.8, 4) is 0 Å². The van der Waals surface area contributed by atoms with Crippen LogP contribution in [0.1, 0.15) is 68.1 Å². The number of halogens is 1. The Hall–Kier alpha value is -3.01. The summed E-state index contributed by atoms with van der Waals surface area (Å²) in [5.74, 6) is -1.64. The van der Waals surface area contributed by atoms with Crippen molar-refractivity contribution in [1.29, 1.82) is 0 Å². The molecule has 3 saturated carbocycles. The van der Waals surface area contributed by atoms with E-state index in [4.69, 9.17) is 9.47 Å². The van der Waals surface area contributed by atoms with E-state index in [1.54, 1.807) is 13.0 Å². The number of alkyl halides is 1. The van der Waals surface area contributed by atoms with Gasteiger partial charge in [-0.05, 0) is 73.8 Å². The van der Waals surface area contributed by atoms with Crippen LogP contribution in [0.25, 0.3) is 0 Å². The van der Waals surface area contributed by atoms with E-state index in [0.717, 1.165) is 22.3 Å². The van der Waals surface area contributed by atoms with Crippen molar-refractivity contribution in [3.63, 3.8) is 0 Å². The molecule has 0 spiro atoms. The molecule has 3 N–H and O–H groups in total. The van der Waals surface area contributed by atoms with Gasteiger partial charge >= 0.3 is 0 Å². The lowest BCUT2D eigenvalue weighted by Crippen LogP contribution is -2.69. The third-order valence-corrected chi connectivity index (χ3v) is 11.9. The zero-order valence-electron chi connectivity index (χ0n) is 25.0. The van der Waals surface area contributed by atoms with Crippen LogP contribution in [-0.4, -0.2) is 57.0 Å². The van der Waals surface area contributed by atoms with E-state index >= 15 is 4.39 Å². The molecule has 0 radical (unpaired) electrons. The second kappa shape index (κ2) is 10.3. The number of hydrogen-bond acceptors (Lipinski definition) is 7. The highest BCUT2D eigenvalue weighted by Crippen LogP contribution is 2.72. The molecule has 44 heavy (non-hydrogen) atoms. The average Bonchev–Trinajstić information content (AvgIpc) is 3.52. The molecule has 5 aliphatic rings. The maximum absolute atomic E-state index is 17.6. The number of benzene rings is 2. The molecule has 0 aromatic heterocycles. The number of ketones is 2. The number of allylic oxidation sites excluding steroid dienone is 4. The summed E-state index contributed by atoms with van der Waals surface area (Å²) in [5.41, 5.74) is -1.36. The van der Waals surface area contributed by atoms with E-state index in [1.807, 2.05) is 55.5 Å². The van der Waals surface area contributed by atoms with Gasteiger partial charge in [0.05, 0.1) is 18.8 Å². The minimum atomic E-state index is -2.04. The van der Waals surface area contributed by atoms with E-state index in [9.17, 15) is 24.9 Å². The van der Waals surface area contributed by atoms with Gasteiger partial charge in [-0.15, -0.1) is 0 Å². The molecule has 7 nitrogen and oxygen atoms in total. The minimum absolute atomic E-state index is 0.0350. The van der Waals surface area contributed by atoms with Crippen LogP contribution in [0.15, 0.2) is 72.3 Å². The highest BCUT2D eigenvalue weighted by molar-refractivity contribution is 6.01. The van der Waals surface area contributed by atoms with Crippen LogP contribution >= 0.6 is 0 Å². The van der Waals surface area contributed by atoms with E-state index in [-0.39, 0.29) is 24.7 Å². The van der Waals surface area contributed by atoms with Crippen LogP contribution in [0, 0.1) is 22.7 Å². The van der Waals surface area contributed by atoms with Gasteiger partial charge < -0.3 is 24.8 Å². The highest BCUT2D eigenvalue weighted by atomic mass is 19.1. The fourth-order valence-corrected chi connectivity index (χ4v) is 9.62. The maximum atomic E-state index is 17.6. The number of fused-ring (bicyclic) bond motifs is 7. The summed E-state index contributed by atoms with van der Waals surface area (Å²) in [6, 6.07) is 15.5. The lowest BCUT2D eigenvalue weighted by molar-refractivity contribution is -0.231. The number of hydrogen-bond donors (Lipinski definition) is 3. The van der Waals surface area contributed by atoms with Crippen molar-refractivity contribution in [2.24, 2.45) is 22.7 Å². The SMILES string of the molecule is C[C@]12C=CC(=O)C=C1CC[C@H]1[C@@H]3C[C@H]4O[C@@H](c5ccc(Cc6ccccc6CO)cc5)O[C@@]4(C(=O)CO)[C@@]3(C)C[C@H](O)[C@@]12F. The van der Waals surface area contributed by atoms with E-state index in [2.05, 4.69) is 0 Å². The molecule has 7 rings (SSSR count). The predicted molar refractivity (Wildman–Crippen MR) is 159 cm³/mol. The predicted octanol–water partition coefficient (Wildman–Crippen LogP) is 4.46. The fourth-order valence-electron chi connectivity index (χ4n) is 9.62. The number of aliphatic hydroxyl groups is 3. The number of rotatable bonds is 6. The van der Waals surface area contributed by atoms with Gasteiger partial charge in [0.2, 0.25) is 0 Å². The van der Waals surface area contributed by atoms with E-state index in [0.29, 0.717) is 31.3 Å². The molecule has 232 valence electrons. The van der Waals surface area contributed by atoms with Crippen molar-refractivity contribution >= 4 is 11.6 Å². The second-order valence-electron chi connectivity index (χ2n) is 13.7. The summed E-state index contributed by atoms with van der Waals surface area (Å²) in [7, 11) is 0. The van der Waals surface area contributed by atoms with Crippen LogP contribution in [0.3, 0.4) is 0 Å². The Bertz CT molecular complexity index is 1570. The Balaban J connectivity index is 1.19. The molecule has 1 heterocycles. The topological polar surface area (TPSA) is 113 Å². The smallest absolute Gasteiger partial charge is 0.193 e. The Labute approximate surface area is 256 Å². The Kier molecular flexibility index (Phi) is 6.92. The molecular formula is C36H39FO7. The summed E-state index contributed by atoms with van der Waals surface area (Å²) < 4.78 is 30.6. The number of Topliss-reactive ketones (excluding diaryl/α,β-unsaturated/α-hetero) is 1. The summed E-state index contributed by atoms with van der Waals surface area (Å²) >= 11 is 0. The summed E-state index contributed by atoms with van der Waals surface area (Å²) in [6.45, 7) is 2.86. The lowest BCUT2D eigenvalue weighted by Gasteiger charge is -2.62. The number of carbonyl (C=O) groups excluding carboxylic acids is 2. The molecule has 1 saturated heterocycles. The van der Waals surface area contributed by atoms with Crippen molar-refractivity contribution in [2.45, 2.75) is 82.3 Å². The van der Waals surface area contributed by atoms with Gasteiger partial charge in [-0.25, -0.2) is 4.39 Å². The standard InChI is InChI=1S/C36H39FO7/c1-33-14-13-26(40)16-25(33)11-12-27-28-17-31-36(30(42)20-39,34(28,2)18-29(41)35(27,33)37)44-32(43-31)22-9-7-21(8-10-22)15-23-5-3-4-6-24(23)19-38/h3-10,13-14,16,27-29,31-32,38-39,41H,11-12,15,17-20H2,1-2H3/t27-,28-,29-,31+,32+,33-,34-,35-,36+/m0/s1. The highest BCUT2D eigenvalue weighted by Gasteiger charge is 2.79. The van der Waals surface area contributed by atoms with Crippen LogP contribution in [0.4, 0.5) is 4.39 Å². The van der Waals surface area contributed by atoms with Crippen molar-refractivity contribution < 1.29 is 38.8 Å². The van der Waals surface area contributed by atoms with Gasteiger partial charge in [0.25, 0.3) is 0 Å². The van der Waals surface area contributed by atoms with Gasteiger partial charge in [-0.3, -0.25) is 9.59 Å². The first-order valence-electron chi connectivity index (χ1n) is 15.6. The van der Waals surface area contributed by atoms with Crippen molar-refractivity contribution in [2.75, 3.05) is 6.61 Å². The normalized spacial score (nSPS) is 40.5. The molecule has 1 aliphatic heterocycles. The number of carbonyl (C=O) groups is 2. The van der Waals surface area contributed by atoms with Crippen LogP contribution in [0.5, 0.6) is 0 Å². The maximum Gasteiger partial charge on any atom is 0.193 e. The molecule has 2 aromatic rings. The van der Waals surface area contributed by atoms with Crippen LogP contribution in [-0.2, 0) is 32.1 Å². The molecule has 9 atom stereocenters. The molecular weight excluding hydrogens is 563 g/mol. The monoisotopic (exact) mass is 602 g/mol. The summed E-state index contributed by atoms with van der Waals surface area (Å²) in [4.78, 5) is 25.9. The Morgan fingerprint density at radius 1 is 1.05 bits per heavy atom. The number of aliphatic hydroxyl groups excluding tert-OH is 3. The van der Waals surface area contributed by atoms with Gasteiger partial charge in [-0.2, -0.15) is 0 Å². The largest absolute Gasteiger partial charge is 0.392 e. The lowest BCUT2D eigenvalue weighted by atomic mass is 9.44. The quantitative estimate of drug-likeness (QED) is 0.448. The fraction of sp³-hybridized carbons (Fsp3) is 0.500. The van der Waals surface area contributed by atoms with Crippen molar-refractivity contribution in [1.82, 2.24) is 0 Å². The molecule has 4 aliphatic carbocycles. The van der Waals surface area contributed by atoms with Gasteiger partial charge in [0, 0.05) is 22.3 Å². The van der Waals surface area contributed by atoms with Gasteiger partial charge in [-0.1, -0.05) is 67.1 Å². The van der Waals surface area contributed by atoms with E-state index in [1.165, 1.54) is 12.2 Å². The Morgan fingerprint density at radius 3 is 2.48 bits per heavy atom. The third-order valence-electron chi connectivity index (χ3n) is 11.9.